The van der Waals surface area contributed by atoms with Gasteiger partial charge >= 0.3 is 0 Å². The van der Waals surface area contributed by atoms with E-state index in [1.54, 1.807) is 0 Å². The van der Waals surface area contributed by atoms with Gasteiger partial charge in [-0.1, -0.05) is 6.08 Å². The van der Waals surface area contributed by atoms with Gasteiger partial charge in [-0.15, -0.1) is 6.58 Å². The minimum Gasteiger partial charge on any atom is -0.394 e. The molecule has 0 aromatic heterocycles. The van der Waals surface area contributed by atoms with Crippen LogP contribution in [0.4, 0.5) is 0 Å². The van der Waals surface area contributed by atoms with E-state index in [1.165, 1.54) is 6.08 Å². The van der Waals surface area contributed by atoms with Crippen molar-refractivity contribution in [2.75, 3.05) is 13.2 Å². The van der Waals surface area contributed by atoms with Crippen LogP contribution in [0, 0.1) is 0 Å². The zero-order chi connectivity index (χ0) is 13.7. The van der Waals surface area contributed by atoms with Crippen molar-refractivity contribution < 1.29 is 35.0 Å². The molecule has 0 amide bonds. The molecule has 6 atom stereocenters. The molecule has 7 nitrogen and oxygen atoms in total. The van der Waals surface area contributed by atoms with Gasteiger partial charge in [0.05, 0.1) is 19.3 Å². The predicted molar refractivity (Wildman–Crippen MR) is 60.5 cm³/mol. The van der Waals surface area contributed by atoms with Crippen LogP contribution in [0.15, 0.2) is 12.7 Å². The smallest absolute Gasteiger partial charge is 0.186 e. The molecule has 1 saturated heterocycles. The molecular formula is C11H20O7. The van der Waals surface area contributed by atoms with Gasteiger partial charge in [-0.05, 0) is 6.42 Å². The molecule has 1 heterocycles. The van der Waals surface area contributed by atoms with Crippen molar-refractivity contribution in [3.05, 3.63) is 12.7 Å². The molecule has 1 rings (SSSR count). The summed E-state index contributed by atoms with van der Waals surface area (Å²) in [5, 5.41) is 47.0. The van der Waals surface area contributed by atoms with Crippen LogP contribution in [-0.2, 0) is 9.47 Å². The molecule has 0 bridgehead atoms. The van der Waals surface area contributed by atoms with Crippen molar-refractivity contribution in [3.63, 3.8) is 0 Å². The Bertz CT molecular complexity index is 258. The number of aliphatic hydroxyl groups excluding tert-OH is 5. The second-order valence-electron chi connectivity index (χ2n) is 4.21. The van der Waals surface area contributed by atoms with Crippen molar-refractivity contribution in [3.8, 4) is 0 Å². The monoisotopic (exact) mass is 264 g/mol. The summed E-state index contributed by atoms with van der Waals surface area (Å²) in [6.07, 6.45) is -5.52. The first kappa shape index (κ1) is 15.5. The van der Waals surface area contributed by atoms with Crippen LogP contribution in [0.1, 0.15) is 6.42 Å². The van der Waals surface area contributed by atoms with Crippen molar-refractivity contribution in [2.24, 2.45) is 0 Å². The van der Waals surface area contributed by atoms with Crippen LogP contribution >= 0.6 is 0 Å². The molecule has 0 spiro atoms. The predicted octanol–water partition coefficient (Wildman–Crippen LogP) is -2.26. The highest BCUT2D eigenvalue weighted by molar-refractivity contribution is 4.89. The highest BCUT2D eigenvalue weighted by Gasteiger charge is 2.44. The molecule has 1 aliphatic rings. The van der Waals surface area contributed by atoms with Gasteiger partial charge in [0.1, 0.15) is 24.4 Å². The van der Waals surface area contributed by atoms with Gasteiger partial charge in [0.15, 0.2) is 6.29 Å². The molecule has 106 valence electrons. The standard InChI is InChI=1S/C11H20O7/c1-2-3-6(13)5-17-11-10(16)9(15)8(14)7(4-12)18-11/h2,6-16H,1,3-5H2/t6-,7+,8-,9-,10+,11+/m0/s1. The van der Waals surface area contributed by atoms with Crippen LogP contribution in [0.25, 0.3) is 0 Å². The Morgan fingerprint density at radius 1 is 1.22 bits per heavy atom. The van der Waals surface area contributed by atoms with Crippen molar-refractivity contribution >= 4 is 0 Å². The lowest BCUT2D eigenvalue weighted by Crippen LogP contribution is -2.59. The lowest BCUT2D eigenvalue weighted by Gasteiger charge is -2.39. The fraction of sp³-hybridized carbons (Fsp3) is 0.818. The van der Waals surface area contributed by atoms with Gasteiger partial charge in [-0.2, -0.15) is 0 Å². The maximum atomic E-state index is 9.62. The Hall–Kier alpha value is -0.540. The molecule has 1 aliphatic heterocycles. The summed E-state index contributed by atoms with van der Waals surface area (Å²) in [6.45, 7) is 2.83. The third kappa shape index (κ3) is 3.72. The van der Waals surface area contributed by atoms with Gasteiger partial charge in [0.2, 0.25) is 0 Å². The quantitative estimate of drug-likeness (QED) is 0.343. The number of hydrogen-bond acceptors (Lipinski definition) is 7. The van der Waals surface area contributed by atoms with Gasteiger partial charge in [0, 0.05) is 0 Å². The summed E-state index contributed by atoms with van der Waals surface area (Å²) in [5.41, 5.74) is 0. The third-order valence-electron chi connectivity index (χ3n) is 2.74. The maximum absolute atomic E-state index is 9.62. The molecule has 0 unspecified atom stereocenters. The van der Waals surface area contributed by atoms with Gasteiger partial charge in [0.25, 0.3) is 0 Å². The lowest BCUT2D eigenvalue weighted by molar-refractivity contribution is -0.304. The number of rotatable bonds is 6. The molecule has 1 fully saturated rings. The first-order valence-corrected chi connectivity index (χ1v) is 5.72. The summed E-state index contributed by atoms with van der Waals surface area (Å²) in [5.74, 6) is 0. The van der Waals surface area contributed by atoms with Crippen LogP contribution in [0.2, 0.25) is 0 Å². The average Bonchev–Trinajstić information content (AvgIpc) is 2.35. The third-order valence-corrected chi connectivity index (χ3v) is 2.74. The Kier molecular flexibility index (Phi) is 6.16. The molecule has 0 aliphatic carbocycles. The molecular weight excluding hydrogens is 244 g/mol. The van der Waals surface area contributed by atoms with Crippen molar-refractivity contribution in [1.29, 1.82) is 0 Å². The van der Waals surface area contributed by atoms with Gasteiger partial charge in [-0.3, -0.25) is 0 Å². The second-order valence-corrected chi connectivity index (χ2v) is 4.21. The number of aliphatic hydroxyl groups is 5. The molecule has 0 saturated carbocycles. The van der Waals surface area contributed by atoms with Gasteiger partial charge < -0.3 is 35.0 Å². The van der Waals surface area contributed by atoms with E-state index in [-0.39, 0.29) is 6.61 Å². The van der Waals surface area contributed by atoms with Gasteiger partial charge in [-0.25, -0.2) is 0 Å². The normalized spacial score (nSPS) is 38.4. The molecule has 7 heteroatoms. The summed E-state index contributed by atoms with van der Waals surface area (Å²) in [4.78, 5) is 0. The number of ether oxygens (including phenoxy) is 2. The first-order chi connectivity index (χ1) is 8.51. The van der Waals surface area contributed by atoms with E-state index in [9.17, 15) is 20.4 Å². The van der Waals surface area contributed by atoms with E-state index in [2.05, 4.69) is 6.58 Å². The summed E-state index contributed by atoms with van der Waals surface area (Å²) >= 11 is 0. The molecule has 0 aromatic carbocycles. The van der Waals surface area contributed by atoms with E-state index in [0.29, 0.717) is 6.42 Å². The van der Waals surface area contributed by atoms with E-state index < -0.39 is 43.4 Å². The van der Waals surface area contributed by atoms with Crippen molar-refractivity contribution in [1.82, 2.24) is 0 Å². The first-order valence-electron chi connectivity index (χ1n) is 5.72. The van der Waals surface area contributed by atoms with Crippen molar-refractivity contribution in [2.45, 2.75) is 43.2 Å². The fourth-order valence-corrected chi connectivity index (χ4v) is 1.67. The minimum absolute atomic E-state index is 0.116. The Morgan fingerprint density at radius 2 is 1.89 bits per heavy atom. The molecule has 5 N–H and O–H groups in total. The molecule has 0 radical (unpaired) electrons. The Balaban J connectivity index is 2.51. The largest absolute Gasteiger partial charge is 0.394 e. The van der Waals surface area contributed by atoms with Crippen LogP contribution < -0.4 is 0 Å². The second kappa shape index (κ2) is 7.15. The summed E-state index contributed by atoms with van der Waals surface area (Å²) in [7, 11) is 0. The Morgan fingerprint density at radius 3 is 2.44 bits per heavy atom. The van der Waals surface area contributed by atoms with E-state index in [0.717, 1.165) is 0 Å². The molecule has 18 heavy (non-hydrogen) atoms. The highest BCUT2D eigenvalue weighted by Crippen LogP contribution is 2.22. The highest BCUT2D eigenvalue weighted by atomic mass is 16.7. The van der Waals surface area contributed by atoms with E-state index in [4.69, 9.17) is 14.6 Å². The molecule has 0 aromatic rings. The summed E-state index contributed by atoms with van der Waals surface area (Å²) < 4.78 is 10.2. The fourth-order valence-electron chi connectivity index (χ4n) is 1.67. The van der Waals surface area contributed by atoms with Crippen LogP contribution in [-0.4, -0.2) is 75.6 Å². The zero-order valence-electron chi connectivity index (χ0n) is 9.92. The number of hydrogen-bond donors (Lipinski definition) is 5. The van der Waals surface area contributed by atoms with E-state index >= 15 is 0 Å². The minimum atomic E-state index is -1.47. The maximum Gasteiger partial charge on any atom is 0.186 e. The lowest BCUT2D eigenvalue weighted by atomic mass is 9.99. The zero-order valence-corrected chi connectivity index (χ0v) is 9.92. The Labute approximate surface area is 105 Å². The summed E-state index contributed by atoms with van der Waals surface area (Å²) in [6, 6.07) is 0. The van der Waals surface area contributed by atoms with Crippen LogP contribution in [0.5, 0.6) is 0 Å². The topological polar surface area (TPSA) is 120 Å². The SMILES string of the molecule is C=CC[C@H](O)CO[C@@H]1O[C@H](CO)[C@H](O)[C@H](O)[C@H]1O. The average molecular weight is 264 g/mol. The van der Waals surface area contributed by atoms with Crippen LogP contribution in [0.3, 0.4) is 0 Å². The van der Waals surface area contributed by atoms with E-state index in [1.807, 2.05) is 0 Å².